The Morgan fingerprint density at radius 3 is 0.805 bits per heavy atom. The van der Waals surface area contributed by atoms with Crippen LogP contribution in [0.15, 0.2) is 24.3 Å². The molecule has 0 amide bonds. The molecule has 8 nitrogen and oxygen atoms in total. The molecule has 41 heavy (non-hydrogen) atoms. The summed E-state index contributed by atoms with van der Waals surface area (Å²) in [5.74, 6) is 0.362. The third-order valence-corrected chi connectivity index (χ3v) is 7.83. The van der Waals surface area contributed by atoms with Crippen LogP contribution in [0.1, 0.15) is 116 Å². The quantitative estimate of drug-likeness (QED) is 0.351. The van der Waals surface area contributed by atoms with Crippen molar-refractivity contribution in [3.05, 3.63) is 57.6 Å². The zero-order chi connectivity index (χ0) is 31.9. The van der Waals surface area contributed by atoms with Gasteiger partial charge in [0.05, 0.1) is 0 Å². The number of aromatic hydroxyl groups is 2. The third-order valence-electron chi connectivity index (χ3n) is 6.32. The first-order valence-electron chi connectivity index (χ1n) is 13.2. The van der Waals surface area contributed by atoms with E-state index < -0.39 is 27.5 Å². The summed E-state index contributed by atoms with van der Waals surface area (Å²) in [5.41, 5.74) is 2.16. The van der Waals surface area contributed by atoms with Gasteiger partial charge >= 0.3 is 0 Å². The van der Waals surface area contributed by atoms with Crippen molar-refractivity contribution in [1.82, 2.24) is 0 Å². The second-order valence-corrected chi connectivity index (χ2v) is 17.7. The van der Waals surface area contributed by atoms with Gasteiger partial charge in [0, 0.05) is 29.4 Å². The van der Waals surface area contributed by atoms with E-state index in [1.807, 2.05) is 83.1 Å². The zero-order valence-electron chi connectivity index (χ0n) is 26.3. The molecule has 0 aliphatic heterocycles. The van der Waals surface area contributed by atoms with Crippen LogP contribution in [0.25, 0.3) is 0 Å². The number of hydrogen-bond donors (Lipinski definition) is 2. The van der Waals surface area contributed by atoms with Gasteiger partial charge < -0.3 is 38.9 Å². The number of phenols is 2. The SMILES string of the molecule is CC(C)(C)c1cc(CP(=O)([O-])[O-])cc(C(C)(C)C)c1O.CC(C)(C)c1cc(CP(=O)([O-])[O-])cc(C(C)(C)C)c1O.[Mn]. The predicted octanol–water partition coefficient (Wildman–Crippen LogP) is 4.80. The summed E-state index contributed by atoms with van der Waals surface area (Å²) >= 11 is 0. The molecular weight excluding hydrogens is 605 g/mol. The Bertz CT molecular complexity index is 1130. The summed E-state index contributed by atoms with van der Waals surface area (Å²) in [5, 5.41) is 20.9. The average molecular weight is 652 g/mol. The number of rotatable bonds is 4. The molecule has 11 heteroatoms. The molecule has 0 saturated heterocycles. The van der Waals surface area contributed by atoms with Crippen LogP contribution in [0.5, 0.6) is 11.5 Å². The van der Waals surface area contributed by atoms with Crippen molar-refractivity contribution in [1.29, 1.82) is 0 Å². The summed E-state index contributed by atoms with van der Waals surface area (Å²) in [6.07, 6.45) is -1.06. The number of hydrogen-bond acceptors (Lipinski definition) is 8. The maximum atomic E-state index is 11.0. The first-order chi connectivity index (χ1) is 17.4. The number of phenolic OH excluding ortho intramolecular Hbond substituents is 2. The molecule has 2 aromatic rings. The van der Waals surface area contributed by atoms with Gasteiger partial charge in [0.25, 0.3) is 0 Å². The summed E-state index contributed by atoms with van der Waals surface area (Å²) in [4.78, 5) is 44.1. The molecule has 0 aliphatic rings. The molecule has 0 heterocycles. The predicted molar refractivity (Wildman–Crippen MR) is 154 cm³/mol. The molecule has 2 aromatic carbocycles. The van der Waals surface area contributed by atoms with Gasteiger partial charge in [0.2, 0.25) is 0 Å². The third kappa shape index (κ3) is 12.6. The molecule has 2 N–H and O–H groups in total. The van der Waals surface area contributed by atoms with Gasteiger partial charge in [-0.2, -0.15) is 0 Å². The second-order valence-electron chi connectivity index (χ2n) is 14.6. The normalized spacial score (nSPS) is 13.3. The Labute approximate surface area is 256 Å². The van der Waals surface area contributed by atoms with Crippen LogP contribution in [-0.4, -0.2) is 10.2 Å². The smallest absolute Gasteiger partial charge is 0.123 e. The fourth-order valence-electron chi connectivity index (χ4n) is 4.31. The Kier molecular flexibility index (Phi) is 12.9. The van der Waals surface area contributed by atoms with Crippen LogP contribution < -0.4 is 19.6 Å². The van der Waals surface area contributed by atoms with Crippen molar-refractivity contribution in [2.75, 3.05) is 0 Å². The minimum absolute atomic E-state index is 0. The Morgan fingerprint density at radius 1 is 0.512 bits per heavy atom. The minimum Gasteiger partial charge on any atom is -0.810 e. The van der Waals surface area contributed by atoms with Crippen molar-refractivity contribution >= 4 is 15.2 Å². The molecule has 0 spiro atoms. The topological polar surface area (TPSA) is 167 Å². The van der Waals surface area contributed by atoms with E-state index in [9.17, 15) is 38.9 Å². The second kappa shape index (κ2) is 13.2. The van der Waals surface area contributed by atoms with E-state index in [1.54, 1.807) is 24.3 Å². The Hall–Kier alpha value is -1.14. The van der Waals surface area contributed by atoms with Crippen LogP contribution in [0.2, 0.25) is 0 Å². The van der Waals surface area contributed by atoms with Crippen LogP contribution >= 0.6 is 15.2 Å². The molecule has 0 bridgehead atoms. The van der Waals surface area contributed by atoms with Gasteiger partial charge in [0.15, 0.2) is 0 Å². The van der Waals surface area contributed by atoms with E-state index in [1.165, 1.54) is 0 Å². The van der Waals surface area contributed by atoms with E-state index in [0.717, 1.165) is 0 Å². The van der Waals surface area contributed by atoms with Crippen molar-refractivity contribution in [2.24, 2.45) is 0 Å². The fraction of sp³-hybridized carbons (Fsp3) is 0.600. The van der Waals surface area contributed by atoms with Crippen molar-refractivity contribution in [2.45, 2.75) is 117 Å². The van der Waals surface area contributed by atoms with Crippen LogP contribution in [0, 0.1) is 0 Å². The van der Waals surface area contributed by atoms with Crippen LogP contribution in [0.4, 0.5) is 0 Å². The average Bonchev–Trinajstić information content (AvgIpc) is 2.65. The maximum Gasteiger partial charge on any atom is 0.123 e. The summed E-state index contributed by atoms with van der Waals surface area (Å²) < 4.78 is 22.0. The molecule has 0 saturated carbocycles. The van der Waals surface area contributed by atoms with Crippen molar-refractivity contribution < 1.29 is 56.0 Å². The maximum absolute atomic E-state index is 11.0. The first-order valence-corrected chi connectivity index (χ1v) is 16.6. The molecular formula is C30H46MnO8P2-4. The monoisotopic (exact) mass is 651 g/mol. The molecule has 0 aromatic heterocycles. The largest absolute Gasteiger partial charge is 0.810 e. The van der Waals surface area contributed by atoms with Gasteiger partial charge in [-0.1, -0.05) is 123 Å². The summed E-state index contributed by atoms with van der Waals surface area (Å²) in [7, 11) is -9.26. The molecule has 0 fully saturated rings. The van der Waals surface area contributed by atoms with Crippen molar-refractivity contribution in [3.63, 3.8) is 0 Å². The van der Waals surface area contributed by atoms with Crippen molar-refractivity contribution in [3.8, 4) is 11.5 Å². The molecule has 2 rings (SSSR count). The van der Waals surface area contributed by atoms with Gasteiger partial charge in [0.1, 0.15) is 11.5 Å². The summed E-state index contributed by atoms with van der Waals surface area (Å²) in [6.45, 7) is 23.2. The van der Waals surface area contributed by atoms with E-state index in [2.05, 4.69) is 0 Å². The van der Waals surface area contributed by atoms with E-state index in [4.69, 9.17) is 0 Å². The van der Waals surface area contributed by atoms with Gasteiger partial charge in [-0.15, -0.1) is 0 Å². The molecule has 0 unspecified atom stereocenters. The zero-order valence-corrected chi connectivity index (χ0v) is 29.3. The Balaban J connectivity index is 0.000000762. The summed E-state index contributed by atoms with van der Waals surface area (Å²) in [6, 6.07) is 6.47. The standard InChI is InChI=1S/2C15H25O4P.Mn/c2*1-14(2,3)11-7-10(9-20(17,18)19)8-12(13(11)16)15(4,5)6;/h2*7-8,16H,9H2,1-6H3,(H2,17,18,19);/p-4. The van der Waals surface area contributed by atoms with E-state index >= 15 is 0 Å². The Morgan fingerprint density at radius 2 is 0.683 bits per heavy atom. The van der Waals surface area contributed by atoms with E-state index in [0.29, 0.717) is 33.4 Å². The molecule has 0 aliphatic carbocycles. The van der Waals surface area contributed by atoms with Crippen LogP contribution in [-0.2, 0) is 60.2 Å². The molecule has 235 valence electrons. The van der Waals surface area contributed by atoms with Gasteiger partial charge in [-0.05, 0) is 55.0 Å². The van der Waals surface area contributed by atoms with Gasteiger partial charge in [-0.3, -0.25) is 0 Å². The van der Waals surface area contributed by atoms with Crippen LogP contribution in [0.3, 0.4) is 0 Å². The van der Waals surface area contributed by atoms with E-state index in [-0.39, 0.29) is 50.2 Å². The molecule has 1 radical (unpaired) electrons. The fourth-order valence-corrected chi connectivity index (χ4v) is 5.56. The molecule has 0 atom stereocenters. The van der Waals surface area contributed by atoms with Gasteiger partial charge in [-0.25, -0.2) is 0 Å². The number of benzene rings is 2. The minimum atomic E-state index is -4.63. The first kappa shape index (κ1) is 39.9.